The Morgan fingerprint density at radius 3 is 2.56 bits per heavy atom. The van der Waals surface area contributed by atoms with Crippen LogP contribution in [0.5, 0.6) is 0 Å². The van der Waals surface area contributed by atoms with Gasteiger partial charge in [0.15, 0.2) is 5.13 Å². The van der Waals surface area contributed by atoms with E-state index < -0.39 is 17.7 Å². The minimum absolute atomic E-state index is 0.251. The van der Waals surface area contributed by atoms with Crippen molar-refractivity contribution >= 4 is 28.5 Å². The second-order valence-electron chi connectivity index (χ2n) is 6.49. The number of rotatable bonds is 2. The van der Waals surface area contributed by atoms with Gasteiger partial charge in [0.25, 0.3) is 0 Å². The van der Waals surface area contributed by atoms with Crippen molar-refractivity contribution in [3.63, 3.8) is 0 Å². The first-order valence-electron chi connectivity index (χ1n) is 7.96. The molecule has 0 aliphatic carbocycles. The number of carbonyl (C=O) groups is 2. The normalized spacial score (nSPS) is 10.1. The van der Waals surface area contributed by atoms with Crippen molar-refractivity contribution in [1.82, 2.24) is 4.98 Å². The van der Waals surface area contributed by atoms with Crippen LogP contribution in [0.3, 0.4) is 0 Å². The highest BCUT2D eigenvalue weighted by Gasteiger charge is 2.17. The number of carbonyl (C=O) groups excluding carboxylic acids is 1. The van der Waals surface area contributed by atoms with Crippen molar-refractivity contribution in [3.05, 3.63) is 46.0 Å². The highest BCUT2D eigenvalue weighted by atomic mass is 32.1. The number of hydrogen-bond acceptors (Lipinski definition) is 5. The van der Waals surface area contributed by atoms with Gasteiger partial charge in [-0.05, 0) is 69.2 Å². The molecule has 1 aromatic heterocycles. The Morgan fingerprint density at radius 2 is 1.93 bits per heavy atom. The quantitative estimate of drug-likeness (QED) is 0.769. The third kappa shape index (κ3) is 6.50. The number of nitrogens with one attached hydrogen (secondary N) is 1. The van der Waals surface area contributed by atoms with Crippen molar-refractivity contribution in [3.8, 4) is 23.7 Å². The molecule has 0 saturated carbocycles. The number of aromatic nitrogens is 1. The van der Waals surface area contributed by atoms with Gasteiger partial charge in [-0.3, -0.25) is 5.32 Å². The van der Waals surface area contributed by atoms with Crippen LogP contribution in [0.1, 0.15) is 47.1 Å². The first-order valence-corrected chi connectivity index (χ1v) is 8.77. The molecule has 1 heterocycles. The van der Waals surface area contributed by atoms with E-state index in [1.165, 1.54) is 23.6 Å². The maximum atomic E-state index is 11.7. The monoisotopic (exact) mass is 382 g/mol. The van der Waals surface area contributed by atoms with Crippen LogP contribution in [-0.4, -0.2) is 27.8 Å². The maximum Gasteiger partial charge on any atom is 0.413 e. The molecule has 0 atom stereocenters. The van der Waals surface area contributed by atoms with E-state index >= 15 is 0 Å². The standard InChI is InChI=1S/C20H18N2O4S/c1-13-11-14(9-10-16(13)17(23)24)7-5-6-8-15-12-21-18(27-15)22-19(25)26-20(2,3)4/h9-12H,1-4H3,(H,23,24)(H,21,22,25). The summed E-state index contributed by atoms with van der Waals surface area (Å²) in [5.41, 5.74) is 0.993. The largest absolute Gasteiger partial charge is 0.478 e. The van der Waals surface area contributed by atoms with Crippen LogP contribution in [0, 0.1) is 30.6 Å². The summed E-state index contributed by atoms with van der Waals surface area (Å²) in [6.07, 6.45) is 0.967. The molecule has 1 amide bonds. The Balaban J connectivity index is 2.01. The summed E-state index contributed by atoms with van der Waals surface area (Å²) in [5, 5.41) is 12.0. The van der Waals surface area contributed by atoms with Gasteiger partial charge < -0.3 is 9.84 Å². The lowest BCUT2D eigenvalue weighted by Gasteiger charge is -2.18. The molecule has 0 aliphatic rings. The number of aryl methyl sites for hydroxylation is 1. The zero-order chi connectivity index (χ0) is 20.0. The Hall–Kier alpha value is -3.29. The molecule has 2 rings (SSSR count). The number of nitrogens with zero attached hydrogens (tertiary/aromatic N) is 1. The topological polar surface area (TPSA) is 88.5 Å². The molecule has 0 radical (unpaired) electrons. The third-order valence-electron chi connectivity index (χ3n) is 3.03. The highest BCUT2D eigenvalue weighted by molar-refractivity contribution is 7.16. The fraction of sp³-hybridized carbons (Fsp3) is 0.250. The summed E-state index contributed by atoms with van der Waals surface area (Å²) in [5.74, 6) is 10.2. The van der Waals surface area contributed by atoms with E-state index in [9.17, 15) is 9.59 Å². The van der Waals surface area contributed by atoms with Gasteiger partial charge in [-0.1, -0.05) is 17.3 Å². The smallest absolute Gasteiger partial charge is 0.413 e. The van der Waals surface area contributed by atoms with Crippen molar-refractivity contribution in [2.45, 2.75) is 33.3 Å². The molecular formula is C20H18N2O4S. The van der Waals surface area contributed by atoms with E-state index in [1.807, 2.05) is 0 Å². The van der Waals surface area contributed by atoms with Crippen LogP contribution >= 0.6 is 11.3 Å². The van der Waals surface area contributed by atoms with E-state index in [2.05, 4.69) is 34.0 Å². The zero-order valence-electron chi connectivity index (χ0n) is 15.3. The number of amides is 1. The molecule has 0 bridgehead atoms. The van der Waals surface area contributed by atoms with Gasteiger partial charge in [-0.15, -0.1) is 0 Å². The number of anilines is 1. The van der Waals surface area contributed by atoms with Crippen LogP contribution in [-0.2, 0) is 4.74 Å². The highest BCUT2D eigenvalue weighted by Crippen LogP contribution is 2.18. The molecule has 138 valence electrons. The van der Waals surface area contributed by atoms with Crippen LogP contribution in [0.15, 0.2) is 24.4 Å². The van der Waals surface area contributed by atoms with Gasteiger partial charge in [0.2, 0.25) is 0 Å². The number of thiazole rings is 1. The molecule has 2 aromatic rings. The molecule has 27 heavy (non-hydrogen) atoms. The lowest BCUT2D eigenvalue weighted by Crippen LogP contribution is -2.27. The predicted octanol–water partition coefficient (Wildman–Crippen LogP) is 3.90. The van der Waals surface area contributed by atoms with Gasteiger partial charge >= 0.3 is 12.1 Å². The summed E-state index contributed by atoms with van der Waals surface area (Å²) in [6.45, 7) is 7.05. The summed E-state index contributed by atoms with van der Waals surface area (Å²) < 4.78 is 5.15. The van der Waals surface area contributed by atoms with Crippen LogP contribution in [0.4, 0.5) is 9.93 Å². The van der Waals surface area contributed by atoms with Crippen molar-refractivity contribution in [2.75, 3.05) is 5.32 Å². The van der Waals surface area contributed by atoms with Crippen LogP contribution < -0.4 is 5.32 Å². The van der Waals surface area contributed by atoms with Gasteiger partial charge in [0.05, 0.1) is 16.6 Å². The molecule has 0 saturated heterocycles. The molecule has 0 spiro atoms. The Kier molecular flexibility index (Phi) is 6.23. The average Bonchev–Trinajstić information content (AvgIpc) is 2.96. The number of carboxylic acid groups (broad SMARTS) is 1. The summed E-state index contributed by atoms with van der Waals surface area (Å²) in [6, 6.07) is 4.86. The molecular weight excluding hydrogens is 364 g/mol. The summed E-state index contributed by atoms with van der Waals surface area (Å²) in [4.78, 5) is 27.4. The molecule has 2 N–H and O–H groups in total. The Bertz CT molecular complexity index is 995. The maximum absolute atomic E-state index is 11.7. The average molecular weight is 382 g/mol. The predicted molar refractivity (Wildman–Crippen MR) is 104 cm³/mol. The Labute approximate surface area is 161 Å². The zero-order valence-corrected chi connectivity index (χ0v) is 16.2. The fourth-order valence-electron chi connectivity index (χ4n) is 1.96. The number of carboxylic acids is 1. The van der Waals surface area contributed by atoms with E-state index in [0.29, 0.717) is 21.1 Å². The molecule has 1 aromatic carbocycles. The van der Waals surface area contributed by atoms with Gasteiger partial charge in [-0.2, -0.15) is 0 Å². The van der Waals surface area contributed by atoms with Crippen molar-refractivity contribution in [1.29, 1.82) is 0 Å². The second kappa shape index (κ2) is 8.39. The molecule has 0 fully saturated rings. The third-order valence-corrected chi connectivity index (χ3v) is 3.85. The second-order valence-corrected chi connectivity index (χ2v) is 7.52. The lowest BCUT2D eigenvalue weighted by atomic mass is 10.1. The molecule has 7 heteroatoms. The van der Waals surface area contributed by atoms with E-state index in [1.54, 1.807) is 39.8 Å². The number of ether oxygens (including phenoxy) is 1. The van der Waals surface area contributed by atoms with E-state index in [4.69, 9.17) is 9.84 Å². The molecule has 0 aliphatic heterocycles. The lowest BCUT2D eigenvalue weighted by molar-refractivity contribution is 0.0634. The van der Waals surface area contributed by atoms with Gasteiger partial charge in [0, 0.05) is 5.56 Å². The number of benzene rings is 1. The first kappa shape index (κ1) is 20.0. The van der Waals surface area contributed by atoms with Crippen molar-refractivity contribution < 1.29 is 19.4 Å². The molecule has 6 nitrogen and oxygen atoms in total. The van der Waals surface area contributed by atoms with Gasteiger partial charge in [0.1, 0.15) is 5.60 Å². The fourth-order valence-corrected chi connectivity index (χ4v) is 2.61. The van der Waals surface area contributed by atoms with Crippen molar-refractivity contribution in [2.24, 2.45) is 0 Å². The van der Waals surface area contributed by atoms with E-state index in [0.717, 1.165) is 0 Å². The number of hydrogen-bond donors (Lipinski definition) is 2. The minimum Gasteiger partial charge on any atom is -0.478 e. The summed E-state index contributed by atoms with van der Waals surface area (Å²) >= 11 is 1.21. The van der Waals surface area contributed by atoms with Gasteiger partial charge in [-0.25, -0.2) is 14.6 Å². The Morgan fingerprint density at radius 1 is 1.22 bits per heavy atom. The minimum atomic E-state index is -0.965. The first-order chi connectivity index (χ1) is 12.6. The van der Waals surface area contributed by atoms with Crippen LogP contribution in [0.25, 0.3) is 0 Å². The summed E-state index contributed by atoms with van der Waals surface area (Å²) in [7, 11) is 0. The van der Waals surface area contributed by atoms with E-state index in [-0.39, 0.29) is 5.56 Å². The SMILES string of the molecule is Cc1cc(C#CC#Cc2cnc(NC(=O)OC(C)(C)C)s2)ccc1C(=O)O. The number of aromatic carboxylic acids is 1. The van der Waals surface area contributed by atoms with Crippen LogP contribution in [0.2, 0.25) is 0 Å². The molecule has 0 unspecified atom stereocenters.